The van der Waals surface area contributed by atoms with E-state index in [-0.39, 0.29) is 0 Å². The second kappa shape index (κ2) is 8.72. The van der Waals surface area contributed by atoms with E-state index in [0.717, 1.165) is 6.42 Å². The van der Waals surface area contributed by atoms with Gasteiger partial charge in [0.1, 0.15) is 0 Å². The Bertz CT molecular complexity index is 429. The fourth-order valence-corrected chi connectivity index (χ4v) is 3.90. The van der Waals surface area contributed by atoms with Gasteiger partial charge >= 0.3 is 0 Å². The summed E-state index contributed by atoms with van der Waals surface area (Å²) in [6.07, 6.45) is 10.8. The van der Waals surface area contributed by atoms with Crippen LogP contribution in [0.15, 0.2) is 24.3 Å². The van der Waals surface area contributed by atoms with Crippen molar-refractivity contribution < 1.29 is 0 Å². The number of hydrogen-bond donors (Lipinski definition) is 0. The first-order valence-electron chi connectivity index (χ1n) is 9.50. The monoisotopic (exact) mass is 301 g/mol. The van der Waals surface area contributed by atoms with E-state index in [4.69, 9.17) is 0 Å². The van der Waals surface area contributed by atoms with Gasteiger partial charge in [-0.2, -0.15) is 0 Å². The lowest BCUT2D eigenvalue weighted by molar-refractivity contribution is 0.165. The van der Waals surface area contributed by atoms with Crippen LogP contribution in [0.1, 0.15) is 76.8 Å². The molecule has 0 spiro atoms. The molecule has 0 radical (unpaired) electrons. The number of unbranched alkanes of at least 4 members (excludes halogenated alkanes) is 4. The molecule has 1 aliphatic rings. The topological polar surface area (TPSA) is 3.24 Å². The molecule has 1 aromatic carbocycles. The highest BCUT2D eigenvalue weighted by Gasteiger charge is 2.32. The number of aryl methyl sites for hydroxylation is 1. The van der Waals surface area contributed by atoms with Crippen LogP contribution >= 0.6 is 0 Å². The predicted octanol–water partition coefficient (Wildman–Crippen LogP) is 5.57. The average molecular weight is 302 g/mol. The van der Waals surface area contributed by atoms with Gasteiger partial charge in [-0.05, 0) is 61.9 Å². The van der Waals surface area contributed by atoms with Gasteiger partial charge in [-0.15, -0.1) is 0 Å². The van der Waals surface area contributed by atoms with Crippen molar-refractivity contribution >= 4 is 0 Å². The maximum absolute atomic E-state index is 2.70. The summed E-state index contributed by atoms with van der Waals surface area (Å²) in [5, 5.41) is 0. The molecule has 0 aromatic heterocycles. The lowest BCUT2D eigenvalue weighted by Gasteiger charge is -2.41. The lowest BCUT2D eigenvalue weighted by Crippen LogP contribution is -2.41. The molecule has 2 rings (SSSR count). The van der Waals surface area contributed by atoms with Crippen molar-refractivity contribution in [3.63, 3.8) is 0 Å². The van der Waals surface area contributed by atoms with E-state index in [9.17, 15) is 0 Å². The summed E-state index contributed by atoms with van der Waals surface area (Å²) in [6, 6.07) is 9.11. The molecule has 22 heavy (non-hydrogen) atoms. The first-order chi connectivity index (χ1) is 10.7. The summed E-state index contributed by atoms with van der Waals surface area (Å²) in [6.45, 7) is 10.9. The van der Waals surface area contributed by atoms with Crippen molar-refractivity contribution in [3.8, 4) is 0 Å². The van der Waals surface area contributed by atoms with Gasteiger partial charge in [0.25, 0.3) is 0 Å². The van der Waals surface area contributed by atoms with Crippen molar-refractivity contribution in [1.29, 1.82) is 0 Å². The molecular formula is C21H35N. The molecule has 0 bridgehead atoms. The molecular weight excluding hydrogens is 266 g/mol. The number of benzene rings is 1. The molecule has 1 heteroatoms. The fourth-order valence-electron chi connectivity index (χ4n) is 3.90. The Morgan fingerprint density at radius 1 is 0.955 bits per heavy atom. The minimum absolute atomic E-state index is 0.394. The van der Waals surface area contributed by atoms with Gasteiger partial charge in [0.05, 0.1) is 0 Å². The smallest absolute Gasteiger partial charge is 0.00103 e. The molecule has 0 unspecified atom stereocenters. The summed E-state index contributed by atoms with van der Waals surface area (Å²) in [5.74, 6) is 0. The third-order valence-electron chi connectivity index (χ3n) is 5.59. The second-order valence-corrected chi connectivity index (χ2v) is 7.33. The van der Waals surface area contributed by atoms with Crippen LogP contribution in [-0.4, -0.2) is 24.5 Å². The quantitative estimate of drug-likeness (QED) is 0.567. The van der Waals surface area contributed by atoms with E-state index in [1.807, 2.05) is 0 Å². The Morgan fingerprint density at radius 3 is 2.32 bits per heavy atom. The van der Waals surface area contributed by atoms with Gasteiger partial charge in [-0.1, -0.05) is 70.7 Å². The summed E-state index contributed by atoms with van der Waals surface area (Å²) in [4.78, 5) is 2.70. The molecule has 0 aliphatic carbocycles. The zero-order chi connectivity index (χ0) is 15.8. The van der Waals surface area contributed by atoms with Gasteiger partial charge in [0.15, 0.2) is 0 Å². The minimum atomic E-state index is 0.394. The van der Waals surface area contributed by atoms with E-state index in [0.29, 0.717) is 5.41 Å². The van der Waals surface area contributed by atoms with Crippen molar-refractivity contribution in [2.24, 2.45) is 0 Å². The molecule has 0 amide bonds. The van der Waals surface area contributed by atoms with Crippen LogP contribution in [0.25, 0.3) is 0 Å². The van der Waals surface area contributed by atoms with Crippen LogP contribution in [0.4, 0.5) is 0 Å². The van der Waals surface area contributed by atoms with Crippen LogP contribution in [-0.2, 0) is 11.8 Å². The first-order valence-corrected chi connectivity index (χ1v) is 9.50. The van der Waals surface area contributed by atoms with Crippen molar-refractivity contribution in [1.82, 2.24) is 4.90 Å². The highest BCUT2D eigenvalue weighted by atomic mass is 15.1. The third-order valence-corrected chi connectivity index (χ3v) is 5.59. The summed E-state index contributed by atoms with van der Waals surface area (Å²) < 4.78 is 0. The number of likely N-dealkylation sites (tertiary alicyclic amines) is 1. The maximum atomic E-state index is 2.70. The first kappa shape index (κ1) is 17.5. The van der Waals surface area contributed by atoms with Gasteiger partial charge in [0.2, 0.25) is 0 Å². The van der Waals surface area contributed by atoms with Crippen LogP contribution in [0, 0.1) is 0 Å². The van der Waals surface area contributed by atoms with Gasteiger partial charge in [-0.3, -0.25) is 0 Å². The van der Waals surface area contributed by atoms with Crippen molar-refractivity contribution in [3.05, 3.63) is 35.4 Å². The molecule has 1 aliphatic heterocycles. The number of hydrogen-bond acceptors (Lipinski definition) is 1. The van der Waals surface area contributed by atoms with Crippen molar-refractivity contribution in [2.45, 2.75) is 77.6 Å². The van der Waals surface area contributed by atoms with E-state index >= 15 is 0 Å². The summed E-state index contributed by atoms with van der Waals surface area (Å²) in [5.41, 5.74) is 3.56. The number of nitrogens with zero attached hydrogens (tertiary/aromatic N) is 1. The zero-order valence-corrected chi connectivity index (χ0v) is 15.0. The Morgan fingerprint density at radius 2 is 1.64 bits per heavy atom. The molecule has 0 N–H and O–H groups in total. The maximum Gasteiger partial charge on any atom is -0.00103 e. The predicted molar refractivity (Wildman–Crippen MR) is 97.6 cm³/mol. The third kappa shape index (κ3) is 4.59. The standard InChI is InChI=1S/C21H35N/c1-4-6-7-8-11-16-22-17-14-21(3,15-18-22)20-13-10-9-12-19(20)5-2/h9-10,12-13H,4-8,11,14-18H2,1-3H3. The van der Waals surface area contributed by atoms with Gasteiger partial charge in [-0.25, -0.2) is 0 Å². The van der Waals surface area contributed by atoms with Crippen LogP contribution in [0.5, 0.6) is 0 Å². The lowest BCUT2D eigenvalue weighted by atomic mass is 9.72. The zero-order valence-electron chi connectivity index (χ0n) is 15.0. The SMILES string of the molecule is CCCCCCCN1CCC(C)(c2ccccc2CC)CC1. The van der Waals surface area contributed by atoms with Gasteiger partial charge in [0, 0.05) is 0 Å². The van der Waals surface area contributed by atoms with E-state index in [1.165, 1.54) is 64.6 Å². The molecule has 1 heterocycles. The highest BCUT2D eigenvalue weighted by molar-refractivity contribution is 5.34. The van der Waals surface area contributed by atoms with Crippen LogP contribution in [0.2, 0.25) is 0 Å². The molecule has 0 saturated carbocycles. The van der Waals surface area contributed by atoms with E-state index < -0.39 is 0 Å². The molecule has 1 nitrogen and oxygen atoms in total. The molecule has 1 saturated heterocycles. The largest absolute Gasteiger partial charge is 0.303 e. The van der Waals surface area contributed by atoms with Crippen LogP contribution in [0.3, 0.4) is 0 Å². The number of rotatable bonds is 8. The average Bonchev–Trinajstić information content (AvgIpc) is 2.56. The normalized spacial score (nSPS) is 18.5. The highest BCUT2D eigenvalue weighted by Crippen LogP contribution is 2.37. The molecule has 124 valence electrons. The Balaban J connectivity index is 1.83. The summed E-state index contributed by atoms with van der Waals surface area (Å²) >= 11 is 0. The number of piperidine rings is 1. The Labute approximate surface area is 138 Å². The second-order valence-electron chi connectivity index (χ2n) is 7.33. The Kier molecular flexibility index (Phi) is 6.95. The van der Waals surface area contributed by atoms with E-state index in [2.05, 4.69) is 49.9 Å². The molecule has 1 aromatic rings. The van der Waals surface area contributed by atoms with Crippen LogP contribution < -0.4 is 0 Å². The molecule has 1 fully saturated rings. The minimum Gasteiger partial charge on any atom is -0.303 e. The van der Waals surface area contributed by atoms with Gasteiger partial charge < -0.3 is 4.90 Å². The summed E-state index contributed by atoms with van der Waals surface area (Å²) in [7, 11) is 0. The molecule has 0 atom stereocenters. The van der Waals surface area contributed by atoms with E-state index in [1.54, 1.807) is 11.1 Å². The Hall–Kier alpha value is -0.820. The fraction of sp³-hybridized carbons (Fsp3) is 0.714. The van der Waals surface area contributed by atoms with Crippen molar-refractivity contribution in [2.75, 3.05) is 19.6 Å².